The van der Waals surface area contributed by atoms with E-state index in [0.29, 0.717) is 0 Å². The average molecular weight is 304 g/mol. The van der Waals surface area contributed by atoms with E-state index >= 15 is 0 Å². The third kappa shape index (κ3) is 3.32. The first-order chi connectivity index (χ1) is 11.3. The summed E-state index contributed by atoms with van der Waals surface area (Å²) in [6.07, 6.45) is 8.44. The molecule has 0 atom stereocenters. The van der Waals surface area contributed by atoms with Gasteiger partial charge in [-0.1, -0.05) is 0 Å². The number of hydrogen-bond acceptors (Lipinski definition) is 6. The molecule has 3 aromatic heterocycles. The van der Waals surface area contributed by atoms with Crippen molar-refractivity contribution in [3.05, 3.63) is 60.7 Å². The molecule has 0 fully saturated rings. The van der Waals surface area contributed by atoms with Crippen LogP contribution in [0.1, 0.15) is 5.56 Å². The van der Waals surface area contributed by atoms with Crippen molar-refractivity contribution in [1.82, 2.24) is 15.0 Å². The minimum absolute atomic E-state index is 0.729. The first-order valence-electron chi connectivity index (χ1n) is 7.08. The first-order valence-corrected chi connectivity index (χ1v) is 7.08. The van der Waals surface area contributed by atoms with Crippen LogP contribution in [-0.4, -0.2) is 28.2 Å². The highest BCUT2D eigenvalue weighted by atomic mass is 15.0. The van der Waals surface area contributed by atoms with Crippen LogP contribution in [0.5, 0.6) is 0 Å². The van der Waals surface area contributed by atoms with E-state index in [4.69, 9.17) is 5.73 Å². The van der Waals surface area contributed by atoms with E-state index in [9.17, 15) is 0 Å². The van der Waals surface area contributed by atoms with Gasteiger partial charge in [0.05, 0.1) is 22.9 Å². The van der Waals surface area contributed by atoms with Crippen LogP contribution in [0.3, 0.4) is 0 Å². The van der Waals surface area contributed by atoms with Gasteiger partial charge in [-0.25, -0.2) is 4.98 Å². The summed E-state index contributed by atoms with van der Waals surface area (Å²) < 4.78 is 0. The number of rotatable bonds is 4. The molecule has 6 nitrogen and oxygen atoms in total. The van der Waals surface area contributed by atoms with E-state index in [1.807, 2.05) is 30.3 Å². The molecule has 6 heteroatoms. The molecular formula is C17H16N6. The Morgan fingerprint density at radius 2 is 2.13 bits per heavy atom. The monoisotopic (exact) mass is 304 g/mol. The lowest BCUT2D eigenvalue weighted by Gasteiger charge is -2.07. The van der Waals surface area contributed by atoms with Gasteiger partial charge in [0, 0.05) is 43.0 Å². The molecule has 3 aromatic rings. The van der Waals surface area contributed by atoms with Gasteiger partial charge in [-0.2, -0.15) is 0 Å². The average Bonchev–Trinajstić information content (AvgIpc) is 2.60. The van der Waals surface area contributed by atoms with Crippen LogP contribution in [0.2, 0.25) is 0 Å². The molecule has 0 spiro atoms. The summed E-state index contributed by atoms with van der Waals surface area (Å²) >= 11 is 0. The van der Waals surface area contributed by atoms with Crippen LogP contribution >= 0.6 is 0 Å². The van der Waals surface area contributed by atoms with Crippen molar-refractivity contribution in [2.24, 2.45) is 10.7 Å². The van der Waals surface area contributed by atoms with Crippen LogP contribution in [0.25, 0.3) is 16.6 Å². The van der Waals surface area contributed by atoms with Gasteiger partial charge < -0.3 is 11.1 Å². The molecule has 0 unspecified atom stereocenters. The largest absolute Gasteiger partial charge is 0.404 e. The number of nitrogens with two attached hydrogens (primary N) is 1. The zero-order valence-corrected chi connectivity index (χ0v) is 12.6. The summed E-state index contributed by atoms with van der Waals surface area (Å²) in [5.41, 5.74) is 9.79. The fraction of sp³-hybridized carbons (Fsp3) is 0.0588. The van der Waals surface area contributed by atoms with Gasteiger partial charge in [-0.3, -0.25) is 15.0 Å². The number of fused-ring (bicyclic) bond motifs is 1. The fourth-order valence-corrected chi connectivity index (χ4v) is 2.17. The maximum atomic E-state index is 5.65. The zero-order chi connectivity index (χ0) is 16.1. The molecule has 3 N–H and O–H groups in total. The Bertz CT molecular complexity index is 871. The van der Waals surface area contributed by atoms with Crippen molar-refractivity contribution in [3.63, 3.8) is 0 Å². The topological polar surface area (TPSA) is 89.1 Å². The van der Waals surface area contributed by atoms with E-state index in [-0.39, 0.29) is 0 Å². The van der Waals surface area contributed by atoms with Crippen molar-refractivity contribution < 1.29 is 0 Å². The molecule has 3 rings (SSSR count). The van der Waals surface area contributed by atoms with Crippen molar-refractivity contribution in [1.29, 1.82) is 0 Å². The van der Waals surface area contributed by atoms with Crippen molar-refractivity contribution in [2.75, 3.05) is 12.4 Å². The standard InChI is InChI=1S/C17H16N6/c1-19-9-13(8-18)12-7-16-15(21-10-12)4-5-17(23-16)22-14-3-2-6-20-11-14/h2-11H,18H2,1H3,(H,22,23). The van der Waals surface area contributed by atoms with Crippen LogP contribution in [0, 0.1) is 0 Å². The van der Waals surface area contributed by atoms with E-state index in [1.54, 1.807) is 31.9 Å². The smallest absolute Gasteiger partial charge is 0.131 e. The van der Waals surface area contributed by atoms with Gasteiger partial charge in [0.15, 0.2) is 0 Å². The Hall–Kier alpha value is -3.28. The maximum absolute atomic E-state index is 5.65. The molecule has 0 amide bonds. The molecule has 3 heterocycles. The quantitative estimate of drug-likeness (QED) is 0.723. The number of pyridine rings is 3. The highest BCUT2D eigenvalue weighted by Gasteiger charge is 2.04. The molecule has 0 aliphatic rings. The molecule has 0 saturated carbocycles. The predicted octanol–water partition coefficient (Wildman–Crippen LogP) is 2.77. The number of aromatic nitrogens is 3. The second kappa shape index (κ2) is 6.65. The van der Waals surface area contributed by atoms with Crippen LogP contribution < -0.4 is 11.1 Å². The molecule has 114 valence electrons. The lowest BCUT2D eigenvalue weighted by molar-refractivity contribution is 1.29. The third-order valence-corrected chi connectivity index (χ3v) is 3.25. The third-order valence-electron chi connectivity index (χ3n) is 3.25. The molecule has 0 aliphatic carbocycles. The number of aliphatic imine (C=N–C) groups is 1. The summed E-state index contributed by atoms with van der Waals surface area (Å²) in [5, 5.41) is 3.22. The fourth-order valence-electron chi connectivity index (χ4n) is 2.17. The van der Waals surface area contributed by atoms with E-state index in [2.05, 4.69) is 25.3 Å². The van der Waals surface area contributed by atoms with Crippen LogP contribution in [-0.2, 0) is 0 Å². The number of hydrogen-bond donors (Lipinski definition) is 2. The SMILES string of the molecule is CN=CC(=CN)c1cnc2ccc(Nc3cccnc3)nc2c1. The molecule has 0 saturated heterocycles. The Kier molecular flexibility index (Phi) is 4.24. The first kappa shape index (κ1) is 14.6. The number of nitrogens with one attached hydrogen (secondary N) is 1. The summed E-state index contributed by atoms with van der Waals surface area (Å²) in [6, 6.07) is 9.54. The molecular weight excluding hydrogens is 288 g/mol. The van der Waals surface area contributed by atoms with E-state index < -0.39 is 0 Å². The minimum atomic E-state index is 0.729. The number of anilines is 2. The summed E-state index contributed by atoms with van der Waals surface area (Å²) in [7, 11) is 1.70. The van der Waals surface area contributed by atoms with Gasteiger partial charge in [0.1, 0.15) is 5.82 Å². The highest BCUT2D eigenvalue weighted by Crippen LogP contribution is 2.20. The summed E-state index contributed by atoms with van der Waals surface area (Å²) in [4.78, 5) is 17.1. The van der Waals surface area contributed by atoms with Crippen molar-refractivity contribution >= 4 is 34.3 Å². The Morgan fingerprint density at radius 3 is 2.87 bits per heavy atom. The summed E-state index contributed by atoms with van der Waals surface area (Å²) in [5.74, 6) is 0.729. The molecule has 0 aromatic carbocycles. The van der Waals surface area contributed by atoms with Gasteiger partial charge in [-0.05, 0) is 30.3 Å². The van der Waals surface area contributed by atoms with E-state index in [1.165, 1.54) is 6.20 Å². The van der Waals surface area contributed by atoms with Crippen LogP contribution in [0.4, 0.5) is 11.5 Å². The lowest BCUT2D eigenvalue weighted by atomic mass is 10.1. The van der Waals surface area contributed by atoms with Crippen LogP contribution in [0.15, 0.2) is 60.1 Å². The Balaban J connectivity index is 1.97. The number of allylic oxidation sites excluding steroid dienone is 1. The zero-order valence-electron chi connectivity index (χ0n) is 12.6. The number of nitrogens with zero attached hydrogens (tertiary/aromatic N) is 4. The van der Waals surface area contributed by atoms with Gasteiger partial charge in [-0.15, -0.1) is 0 Å². The molecule has 0 aliphatic heterocycles. The highest BCUT2D eigenvalue weighted by molar-refractivity contribution is 6.10. The van der Waals surface area contributed by atoms with Gasteiger partial charge >= 0.3 is 0 Å². The molecule has 23 heavy (non-hydrogen) atoms. The second-order valence-corrected chi connectivity index (χ2v) is 4.83. The second-order valence-electron chi connectivity index (χ2n) is 4.83. The van der Waals surface area contributed by atoms with Crippen molar-refractivity contribution in [2.45, 2.75) is 0 Å². The van der Waals surface area contributed by atoms with E-state index in [0.717, 1.165) is 33.7 Å². The summed E-state index contributed by atoms with van der Waals surface area (Å²) in [6.45, 7) is 0. The minimum Gasteiger partial charge on any atom is -0.404 e. The molecule has 0 radical (unpaired) electrons. The Labute approximate surface area is 133 Å². The van der Waals surface area contributed by atoms with Crippen molar-refractivity contribution in [3.8, 4) is 0 Å². The van der Waals surface area contributed by atoms with Gasteiger partial charge in [0.25, 0.3) is 0 Å². The maximum Gasteiger partial charge on any atom is 0.131 e. The Morgan fingerprint density at radius 1 is 1.22 bits per heavy atom. The lowest BCUT2D eigenvalue weighted by Crippen LogP contribution is -1.97. The predicted molar refractivity (Wildman–Crippen MR) is 93.6 cm³/mol. The normalized spacial score (nSPS) is 12.0. The van der Waals surface area contributed by atoms with Gasteiger partial charge in [0.2, 0.25) is 0 Å². The molecule has 0 bridgehead atoms.